The van der Waals surface area contributed by atoms with Crippen LogP contribution in [-0.4, -0.2) is 5.91 Å². The van der Waals surface area contributed by atoms with Crippen molar-refractivity contribution in [3.8, 4) is 0 Å². The largest absolute Gasteiger partial charge is 0.398 e. The third-order valence-corrected chi connectivity index (χ3v) is 2.86. The van der Waals surface area contributed by atoms with Gasteiger partial charge in [-0.15, -0.1) is 0 Å². The van der Waals surface area contributed by atoms with Gasteiger partial charge in [0.2, 0.25) is 0 Å². The second kappa shape index (κ2) is 5.71. The van der Waals surface area contributed by atoms with Crippen molar-refractivity contribution in [2.45, 2.75) is 6.54 Å². The number of benzene rings is 2. The van der Waals surface area contributed by atoms with Gasteiger partial charge in [0, 0.05) is 17.3 Å². The SMILES string of the molecule is Nc1ccc(Cl)cc1C(=O)NCc1ccc(F)cc1. The molecular weight excluding hydrogens is 267 g/mol. The Balaban J connectivity index is 2.05. The Morgan fingerprint density at radius 2 is 1.89 bits per heavy atom. The highest BCUT2D eigenvalue weighted by Crippen LogP contribution is 2.17. The summed E-state index contributed by atoms with van der Waals surface area (Å²) in [4.78, 5) is 11.9. The summed E-state index contributed by atoms with van der Waals surface area (Å²) < 4.78 is 12.7. The van der Waals surface area contributed by atoms with Gasteiger partial charge in [0.15, 0.2) is 0 Å². The van der Waals surface area contributed by atoms with Gasteiger partial charge in [-0.2, -0.15) is 0 Å². The molecule has 0 aliphatic rings. The van der Waals surface area contributed by atoms with E-state index in [1.54, 1.807) is 24.3 Å². The van der Waals surface area contributed by atoms with E-state index < -0.39 is 0 Å². The molecule has 1 amide bonds. The quantitative estimate of drug-likeness (QED) is 0.848. The molecule has 5 heteroatoms. The molecule has 0 fully saturated rings. The first-order valence-electron chi connectivity index (χ1n) is 5.64. The minimum absolute atomic E-state index is 0.297. The lowest BCUT2D eigenvalue weighted by Gasteiger charge is -2.08. The normalized spacial score (nSPS) is 10.2. The van der Waals surface area contributed by atoms with Crippen LogP contribution in [0.25, 0.3) is 0 Å². The smallest absolute Gasteiger partial charge is 0.253 e. The van der Waals surface area contributed by atoms with Crippen LogP contribution in [0.5, 0.6) is 0 Å². The van der Waals surface area contributed by atoms with Crippen molar-refractivity contribution in [1.29, 1.82) is 0 Å². The summed E-state index contributed by atoms with van der Waals surface area (Å²) in [5, 5.41) is 3.15. The number of halogens is 2. The van der Waals surface area contributed by atoms with E-state index in [0.29, 0.717) is 22.8 Å². The molecule has 2 aromatic rings. The molecule has 0 aliphatic carbocycles. The number of hydrogen-bond acceptors (Lipinski definition) is 2. The Morgan fingerprint density at radius 1 is 1.21 bits per heavy atom. The van der Waals surface area contributed by atoms with Crippen LogP contribution < -0.4 is 11.1 Å². The molecule has 0 atom stereocenters. The van der Waals surface area contributed by atoms with Gasteiger partial charge < -0.3 is 11.1 Å². The Hall–Kier alpha value is -2.07. The molecule has 2 rings (SSSR count). The first-order valence-corrected chi connectivity index (χ1v) is 6.02. The maximum atomic E-state index is 12.7. The minimum atomic E-state index is -0.315. The lowest BCUT2D eigenvalue weighted by Crippen LogP contribution is -2.23. The minimum Gasteiger partial charge on any atom is -0.398 e. The number of nitrogens with two attached hydrogens (primary N) is 1. The second-order valence-electron chi connectivity index (χ2n) is 4.04. The summed E-state index contributed by atoms with van der Waals surface area (Å²) in [6.07, 6.45) is 0. The maximum Gasteiger partial charge on any atom is 0.253 e. The molecule has 0 heterocycles. The molecule has 3 N–H and O–H groups in total. The average Bonchev–Trinajstić information content (AvgIpc) is 2.40. The summed E-state index contributed by atoms with van der Waals surface area (Å²) in [6, 6.07) is 10.6. The van der Waals surface area contributed by atoms with Gasteiger partial charge in [-0.1, -0.05) is 23.7 Å². The van der Waals surface area contributed by atoms with Gasteiger partial charge in [-0.05, 0) is 35.9 Å². The van der Waals surface area contributed by atoms with E-state index in [9.17, 15) is 9.18 Å². The van der Waals surface area contributed by atoms with Gasteiger partial charge in [-0.3, -0.25) is 4.79 Å². The third-order valence-electron chi connectivity index (χ3n) is 2.63. The topological polar surface area (TPSA) is 55.1 Å². The van der Waals surface area contributed by atoms with Crippen LogP contribution in [0, 0.1) is 5.82 Å². The Kier molecular flexibility index (Phi) is 4.02. The number of carbonyl (C=O) groups excluding carboxylic acids is 1. The number of anilines is 1. The molecule has 0 unspecified atom stereocenters. The first kappa shape index (κ1) is 13.4. The number of nitrogen functional groups attached to an aromatic ring is 1. The van der Waals surface area contributed by atoms with Crippen LogP contribution in [0.4, 0.5) is 10.1 Å². The van der Waals surface area contributed by atoms with Crippen LogP contribution in [-0.2, 0) is 6.54 Å². The highest BCUT2D eigenvalue weighted by Gasteiger charge is 2.09. The molecule has 0 spiro atoms. The highest BCUT2D eigenvalue weighted by molar-refractivity contribution is 6.31. The lowest BCUT2D eigenvalue weighted by molar-refractivity contribution is 0.0952. The van der Waals surface area contributed by atoms with E-state index >= 15 is 0 Å². The van der Waals surface area contributed by atoms with Gasteiger partial charge in [0.05, 0.1) is 5.56 Å². The zero-order valence-electron chi connectivity index (χ0n) is 9.99. The van der Waals surface area contributed by atoms with Crippen molar-refractivity contribution in [1.82, 2.24) is 5.32 Å². The number of amides is 1. The van der Waals surface area contributed by atoms with Gasteiger partial charge in [-0.25, -0.2) is 4.39 Å². The molecule has 0 bridgehead atoms. The molecule has 0 radical (unpaired) electrons. The van der Waals surface area contributed by atoms with Crippen LogP contribution in [0.2, 0.25) is 5.02 Å². The predicted octanol–water partition coefficient (Wildman–Crippen LogP) is 2.99. The molecule has 0 aliphatic heterocycles. The summed E-state index contributed by atoms with van der Waals surface area (Å²) in [5.74, 6) is -0.626. The van der Waals surface area contributed by atoms with E-state index in [0.717, 1.165) is 5.56 Å². The Bertz CT molecular complexity index is 599. The molecule has 0 saturated heterocycles. The highest BCUT2D eigenvalue weighted by atomic mass is 35.5. The van der Waals surface area contributed by atoms with Crippen LogP contribution >= 0.6 is 11.6 Å². The van der Waals surface area contributed by atoms with E-state index in [1.165, 1.54) is 18.2 Å². The fourth-order valence-corrected chi connectivity index (χ4v) is 1.78. The van der Waals surface area contributed by atoms with E-state index in [2.05, 4.69) is 5.32 Å². The van der Waals surface area contributed by atoms with Crippen molar-refractivity contribution in [3.63, 3.8) is 0 Å². The molecule has 0 aromatic heterocycles. The molecule has 3 nitrogen and oxygen atoms in total. The van der Waals surface area contributed by atoms with E-state index in [-0.39, 0.29) is 11.7 Å². The van der Waals surface area contributed by atoms with Crippen molar-refractivity contribution < 1.29 is 9.18 Å². The van der Waals surface area contributed by atoms with Gasteiger partial charge in [0.25, 0.3) is 5.91 Å². The van der Waals surface area contributed by atoms with Crippen LogP contribution in [0.1, 0.15) is 15.9 Å². The maximum absolute atomic E-state index is 12.7. The lowest BCUT2D eigenvalue weighted by atomic mass is 10.1. The number of carbonyl (C=O) groups is 1. The predicted molar refractivity (Wildman–Crippen MR) is 73.4 cm³/mol. The summed E-state index contributed by atoms with van der Waals surface area (Å²) in [6.45, 7) is 0.297. The first-order chi connectivity index (χ1) is 9.06. The molecular formula is C14H12ClFN2O. The van der Waals surface area contributed by atoms with E-state index in [1.807, 2.05) is 0 Å². The molecule has 0 saturated carbocycles. The van der Waals surface area contributed by atoms with Crippen molar-refractivity contribution in [2.24, 2.45) is 0 Å². The monoisotopic (exact) mass is 278 g/mol. The van der Waals surface area contributed by atoms with E-state index in [4.69, 9.17) is 17.3 Å². The van der Waals surface area contributed by atoms with Crippen LogP contribution in [0.3, 0.4) is 0 Å². The second-order valence-corrected chi connectivity index (χ2v) is 4.48. The summed E-state index contributed by atoms with van der Waals surface area (Å²) in [5.41, 5.74) is 7.20. The standard InChI is InChI=1S/C14H12ClFN2O/c15-10-3-6-13(17)12(7-10)14(19)18-8-9-1-4-11(16)5-2-9/h1-7H,8,17H2,(H,18,19). The van der Waals surface area contributed by atoms with Crippen molar-refractivity contribution in [3.05, 3.63) is 64.4 Å². The summed E-state index contributed by atoms with van der Waals surface area (Å²) >= 11 is 5.82. The molecule has 98 valence electrons. The van der Waals surface area contributed by atoms with Crippen molar-refractivity contribution >= 4 is 23.2 Å². The molecule has 19 heavy (non-hydrogen) atoms. The molecule has 2 aromatic carbocycles. The van der Waals surface area contributed by atoms with Crippen LogP contribution in [0.15, 0.2) is 42.5 Å². The average molecular weight is 279 g/mol. The third kappa shape index (κ3) is 3.45. The fraction of sp³-hybridized carbons (Fsp3) is 0.0714. The number of nitrogens with one attached hydrogen (secondary N) is 1. The Morgan fingerprint density at radius 3 is 2.58 bits per heavy atom. The van der Waals surface area contributed by atoms with Gasteiger partial charge >= 0.3 is 0 Å². The van der Waals surface area contributed by atoms with Crippen molar-refractivity contribution in [2.75, 3.05) is 5.73 Å². The zero-order chi connectivity index (χ0) is 13.8. The van der Waals surface area contributed by atoms with Gasteiger partial charge in [0.1, 0.15) is 5.82 Å². The Labute approximate surface area is 115 Å². The number of hydrogen-bond donors (Lipinski definition) is 2. The number of rotatable bonds is 3. The zero-order valence-corrected chi connectivity index (χ0v) is 10.7. The summed E-state index contributed by atoms with van der Waals surface area (Å²) in [7, 11) is 0. The fourth-order valence-electron chi connectivity index (χ4n) is 1.60.